The lowest BCUT2D eigenvalue weighted by atomic mass is 10.1. The van der Waals surface area contributed by atoms with Gasteiger partial charge in [-0.05, 0) is 38.3 Å². The molecule has 1 atom stereocenters. The third-order valence-corrected chi connectivity index (χ3v) is 6.12. The molecule has 1 aromatic heterocycles. The van der Waals surface area contributed by atoms with E-state index >= 15 is 0 Å². The number of amides is 2. The molecule has 1 unspecified atom stereocenters. The van der Waals surface area contributed by atoms with Crippen LogP contribution in [0.15, 0.2) is 29.4 Å². The number of halogens is 1. The maximum absolute atomic E-state index is 12.7. The first kappa shape index (κ1) is 26.3. The SMILES string of the molecule is CCNC(=NCC(=O)N(C)CCc1ccccn1)NC1CCN(C(=O)C2CCCC2)C1.I. The molecule has 1 aliphatic heterocycles. The van der Waals surface area contributed by atoms with Gasteiger partial charge in [-0.3, -0.25) is 14.6 Å². The van der Waals surface area contributed by atoms with E-state index in [1.165, 1.54) is 12.8 Å². The Labute approximate surface area is 208 Å². The fourth-order valence-corrected chi connectivity index (χ4v) is 4.24. The number of nitrogens with one attached hydrogen (secondary N) is 2. The van der Waals surface area contributed by atoms with Crippen LogP contribution in [-0.4, -0.2) is 78.4 Å². The van der Waals surface area contributed by atoms with Crippen molar-refractivity contribution in [3.8, 4) is 0 Å². The molecule has 32 heavy (non-hydrogen) atoms. The summed E-state index contributed by atoms with van der Waals surface area (Å²) in [6.07, 6.45) is 7.81. The smallest absolute Gasteiger partial charge is 0.244 e. The summed E-state index contributed by atoms with van der Waals surface area (Å²) in [5.74, 6) is 1.14. The molecule has 0 spiro atoms. The number of likely N-dealkylation sites (N-methyl/N-ethyl adjacent to an activating group) is 1. The number of aliphatic imine (C=N–C) groups is 1. The first-order valence-corrected chi connectivity index (χ1v) is 11.5. The highest BCUT2D eigenvalue weighted by atomic mass is 127. The third kappa shape index (κ3) is 7.90. The number of guanidine groups is 1. The molecule has 2 N–H and O–H groups in total. The van der Waals surface area contributed by atoms with Gasteiger partial charge in [0.1, 0.15) is 6.54 Å². The predicted octanol–water partition coefficient (Wildman–Crippen LogP) is 2.05. The number of hydrogen-bond acceptors (Lipinski definition) is 4. The van der Waals surface area contributed by atoms with Crippen LogP contribution in [0.5, 0.6) is 0 Å². The molecule has 1 aliphatic carbocycles. The number of rotatable bonds is 8. The van der Waals surface area contributed by atoms with E-state index in [2.05, 4.69) is 20.6 Å². The zero-order valence-corrected chi connectivity index (χ0v) is 21.6. The molecule has 2 fully saturated rings. The minimum Gasteiger partial charge on any atom is -0.357 e. The molecule has 2 heterocycles. The van der Waals surface area contributed by atoms with Crippen molar-refractivity contribution in [2.75, 3.05) is 39.8 Å². The van der Waals surface area contributed by atoms with E-state index in [4.69, 9.17) is 0 Å². The molecule has 1 saturated carbocycles. The topological polar surface area (TPSA) is 89.9 Å². The van der Waals surface area contributed by atoms with Gasteiger partial charge in [0.2, 0.25) is 11.8 Å². The highest BCUT2D eigenvalue weighted by molar-refractivity contribution is 14.0. The number of likely N-dealkylation sites (tertiary alicyclic amines) is 1. The minimum atomic E-state index is -0.0300. The van der Waals surface area contributed by atoms with Crippen molar-refractivity contribution in [3.05, 3.63) is 30.1 Å². The van der Waals surface area contributed by atoms with Crippen LogP contribution in [0, 0.1) is 5.92 Å². The Balaban J connectivity index is 0.00000363. The standard InChI is InChI=1S/C23H36N6O2.HI/c1-3-24-23(26-16-21(30)28(2)14-11-19-10-6-7-13-25-19)27-20-12-15-29(17-20)22(31)18-8-4-5-9-18;/h6-7,10,13,18,20H,3-5,8-9,11-12,14-17H2,1-2H3,(H2,24,26,27);1H. The summed E-state index contributed by atoms with van der Waals surface area (Å²) in [4.78, 5) is 37.6. The average molecular weight is 556 g/mol. The Hall–Kier alpha value is -1.91. The summed E-state index contributed by atoms with van der Waals surface area (Å²) >= 11 is 0. The predicted molar refractivity (Wildman–Crippen MR) is 137 cm³/mol. The molecule has 0 bridgehead atoms. The van der Waals surface area contributed by atoms with Crippen LogP contribution < -0.4 is 10.6 Å². The van der Waals surface area contributed by atoms with E-state index in [1.54, 1.807) is 18.1 Å². The van der Waals surface area contributed by atoms with Gasteiger partial charge in [-0.25, -0.2) is 4.99 Å². The first-order chi connectivity index (χ1) is 15.1. The van der Waals surface area contributed by atoms with Gasteiger partial charge in [0, 0.05) is 63.5 Å². The average Bonchev–Trinajstić information content (AvgIpc) is 3.48. The van der Waals surface area contributed by atoms with Crippen LogP contribution in [-0.2, 0) is 16.0 Å². The van der Waals surface area contributed by atoms with E-state index in [9.17, 15) is 9.59 Å². The highest BCUT2D eigenvalue weighted by Gasteiger charge is 2.32. The van der Waals surface area contributed by atoms with Gasteiger partial charge in [0.25, 0.3) is 0 Å². The van der Waals surface area contributed by atoms with Crippen LogP contribution in [0.25, 0.3) is 0 Å². The Morgan fingerprint density at radius 1 is 1.25 bits per heavy atom. The number of aromatic nitrogens is 1. The Bertz CT molecular complexity index is 754. The monoisotopic (exact) mass is 556 g/mol. The van der Waals surface area contributed by atoms with Gasteiger partial charge in [-0.1, -0.05) is 18.9 Å². The van der Waals surface area contributed by atoms with E-state index < -0.39 is 0 Å². The Morgan fingerprint density at radius 3 is 2.72 bits per heavy atom. The molecule has 0 radical (unpaired) electrons. The minimum absolute atomic E-state index is 0. The second-order valence-corrected chi connectivity index (χ2v) is 8.48. The molecule has 2 amide bonds. The molecular formula is C23H37IN6O2. The molecule has 3 rings (SSSR count). The molecule has 1 aromatic rings. The number of hydrogen-bond donors (Lipinski definition) is 2. The van der Waals surface area contributed by atoms with Crippen molar-refractivity contribution in [1.82, 2.24) is 25.4 Å². The van der Waals surface area contributed by atoms with Gasteiger partial charge in [0.15, 0.2) is 5.96 Å². The summed E-state index contributed by atoms with van der Waals surface area (Å²) in [5, 5.41) is 6.62. The van der Waals surface area contributed by atoms with Crippen molar-refractivity contribution < 1.29 is 9.59 Å². The fourth-order valence-electron chi connectivity index (χ4n) is 4.24. The van der Waals surface area contributed by atoms with Crippen LogP contribution in [0.3, 0.4) is 0 Å². The number of carbonyl (C=O) groups is 2. The van der Waals surface area contributed by atoms with E-state index in [-0.39, 0.29) is 48.4 Å². The number of pyridine rings is 1. The summed E-state index contributed by atoms with van der Waals surface area (Å²) in [6.45, 7) is 4.91. The van der Waals surface area contributed by atoms with Crippen molar-refractivity contribution in [1.29, 1.82) is 0 Å². The zero-order chi connectivity index (χ0) is 22.1. The second kappa shape index (κ2) is 13.6. The summed E-state index contributed by atoms with van der Waals surface area (Å²) in [5.41, 5.74) is 0.971. The van der Waals surface area contributed by atoms with Gasteiger partial charge >= 0.3 is 0 Å². The van der Waals surface area contributed by atoms with E-state index in [1.807, 2.05) is 30.0 Å². The van der Waals surface area contributed by atoms with E-state index in [0.717, 1.165) is 37.9 Å². The Kier molecular flexibility index (Phi) is 11.2. The Morgan fingerprint density at radius 2 is 2.03 bits per heavy atom. The molecule has 1 saturated heterocycles. The van der Waals surface area contributed by atoms with Crippen LogP contribution >= 0.6 is 24.0 Å². The summed E-state index contributed by atoms with van der Waals surface area (Å²) in [6, 6.07) is 5.97. The van der Waals surface area contributed by atoms with Crippen molar-refractivity contribution in [2.45, 2.75) is 51.5 Å². The van der Waals surface area contributed by atoms with Crippen LogP contribution in [0.4, 0.5) is 0 Å². The molecule has 2 aliphatic rings. The zero-order valence-electron chi connectivity index (χ0n) is 19.3. The second-order valence-electron chi connectivity index (χ2n) is 8.48. The summed E-state index contributed by atoms with van der Waals surface area (Å²) in [7, 11) is 1.80. The van der Waals surface area contributed by atoms with Crippen LogP contribution in [0.2, 0.25) is 0 Å². The lowest BCUT2D eigenvalue weighted by Crippen LogP contribution is -2.46. The molecule has 8 nitrogen and oxygen atoms in total. The molecule has 178 valence electrons. The molecule has 9 heteroatoms. The quantitative estimate of drug-likeness (QED) is 0.291. The molecule has 0 aromatic carbocycles. The number of nitrogens with zero attached hydrogens (tertiary/aromatic N) is 4. The van der Waals surface area contributed by atoms with Crippen LogP contribution in [0.1, 0.15) is 44.7 Å². The highest BCUT2D eigenvalue weighted by Crippen LogP contribution is 2.27. The fraction of sp³-hybridized carbons (Fsp3) is 0.652. The normalized spacial score (nSPS) is 18.9. The maximum atomic E-state index is 12.7. The largest absolute Gasteiger partial charge is 0.357 e. The maximum Gasteiger partial charge on any atom is 0.244 e. The number of carbonyl (C=O) groups excluding carboxylic acids is 2. The van der Waals surface area contributed by atoms with Crippen molar-refractivity contribution in [2.24, 2.45) is 10.9 Å². The lowest BCUT2D eigenvalue weighted by Gasteiger charge is -2.21. The van der Waals surface area contributed by atoms with Gasteiger partial charge in [-0.15, -0.1) is 24.0 Å². The summed E-state index contributed by atoms with van der Waals surface area (Å²) < 4.78 is 0. The van der Waals surface area contributed by atoms with Crippen molar-refractivity contribution in [3.63, 3.8) is 0 Å². The molecular weight excluding hydrogens is 519 g/mol. The lowest BCUT2D eigenvalue weighted by molar-refractivity contribution is -0.134. The van der Waals surface area contributed by atoms with Gasteiger partial charge < -0.3 is 20.4 Å². The van der Waals surface area contributed by atoms with E-state index in [0.29, 0.717) is 31.5 Å². The first-order valence-electron chi connectivity index (χ1n) is 11.5. The third-order valence-electron chi connectivity index (χ3n) is 6.12. The van der Waals surface area contributed by atoms with Gasteiger partial charge in [0.05, 0.1) is 0 Å². The van der Waals surface area contributed by atoms with Crippen molar-refractivity contribution >= 4 is 41.8 Å². The van der Waals surface area contributed by atoms with Gasteiger partial charge in [-0.2, -0.15) is 0 Å².